The Morgan fingerprint density at radius 3 is 2.22 bits per heavy atom. The van der Waals surface area contributed by atoms with Crippen LogP contribution in [0.4, 0.5) is 5.69 Å². The molecule has 3 aromatic carbocycles. The van der Waals surface area contributed by atoms with E-state index in [1.54, 1.807) is 24.3 Å². The molecule has 5 heteroatoms. The van der Waals surface area contributed by atoms with Gasteiger partial charge in [-0.2, -0.15) is 0 Å². The number of primary amides is 1. The molecule has 0 aromatic heterocycles. The largest absolute Gasteiger partial charge is 0.483 e. The predicted molar refractivity (Wildman–Crippen MR) is 105 cm³/mol. The lowest BCUT2D eigenvalue weighted by atomic mass is 10.0. The van der Waals surface area contributed by atoms with Gasteiger partial charge in [0.1, 0.15) is 5.75 Å². The van der Waals surface area contributed by atoms with Crippen molar-refractivity contribution in [1.82, 2.24) is 0 Å². The van der Waals surface area contributed by atoms with Crippen LogP contribution in [0, 0.1) is 0 Å². The second-order valence-corrected chi connectivity index (χ2v) is 6.05. The van der Waals surface area contributed by atoms with Gasteiger partial charge in [-0.3, -0.25) is 9.59 Å². The maximum absolute atomic E-state index is 12.1. The highest BCUT2D eigenvalue weighted by atomic mass is 16.5. The zero-order valence-corrected chi connectivity index (χ0v) is 14.7. The quantitative estimate of drug-likeness (QED) is 0.678. The normalized spacial score (nSPS) is 10.2. The van der Waals surface area contributed by atoms with Crippen molar-refractivity contribution in [2.24, 2.45) is 5.73 Å². The van der Waals surface area contributed by atoms with Gasteiger partial charge >= 0.3 is 0 Å². The van der Waals surface area contributed by atoms with Crippen LogP contribution >= 0.6 is 0 Å². The second-order valence-electron chi connectivity index (χ2n) is 6.05. The molecule has 0 heterocycles. The van der Waals surface area contributed by atoms with E-state index >= 15 is 0 Å². The minimum absolute atomic E-state index is 0.108. The van der Waals surface area contributed by atoms with E-state index in [2.05, 4.69) is 17.4 Å². The summed E-state index contributed by atoms with van der Waals surface area (Å²) in [4.78, 5) is 23.2. The van der Waals surface area contributed by atoms with Crippen LogP contribution in [-0.4, -0.2) is 18.4 Å². The molecule has 0 saturated carbocycles. The molecule has 136 valence electrons. The number of carbonyl (C=O) groups excluding carboxylic acids is 2. The van der Waals surface area contributed by atoms with Gasteiger partial charge in [0.15, 0.2) is 6.61 Å². The summed E-state index contributed by atoms with van der Waals surface area (Å²) in [7, 11) is 0. The molecule has 0 radical (unpaired) electrons. The first-order valence-corrected chi connectivity index (χ1v) is 8.56. The van der Waals surface area contributed by atoms with Crippen LogP contribution in [0.15, 0.2) is 78.9 Å². The molecule has 0 saturated heterocycles. The van der Waals surface area contributed by atoms with Gasteiger partial charge < -0.3 is 15.8 Å². The lowest BCUT2D eigenvalue weighted by Crippen LogP contribution is -2.20. The van der Waals surface area contributed by atoms with Gasteiger partial charge in [0.25, 0.3) is 5.91 Å². The van der Waals surface area contributed by atoms with E-state index in [-0.39, 0.29) is 12.5 Å². The number of amides is 2. The summed E-state index contributed by atoms with van der Waals surface area (Å²) in [6, 6.07) is 24.1. The molecule has 3 N–H and O–H groups in total. The van der Waals surface area contributed by atoms with Gasteiger partial charge in [-0.15, -0.1) is 0 Å². The van der Waals surface area contributed by atoms with E-state index < -0.39 is 5.91 Å². The average molecular weight is 360 g/mol. The number of carbonyl (C=O) groups is 2. The number of hydrogen-bond donors (Lipinski definition) is 2. The highest BCUT2D eigenvalue weighted by Gasteiger charge is 2.08. The van der Waals surface area contributed by atoms with E-state index in [1.807, 2.05) is 42.5 Å². The van der Waals surface area contributed by atoms with Crippen LogP contribution in [0.2, 0.25) is 0 Å². The van der Waals surface area contributed by atoms with Gasteiger partial charge in [0.2, 0.25) is 5.91 Å². The lowest BCUT2D eigenvalue weighted by molar-refractivity contribution is -0.118. The maximum Gasteiger partial charge on any atom is 0.262 e. The molecule has 0 atom stereocenters. The van der Waals surface area contributed by atoms with E-state index in [1.165, 1.54) is 5.56 Å². The molecule has 3 rings (SSSR count). The van der Waals surface area contributed by atoms with E-state index in [0.29, 0.717) is 17.0 Å². The standard InChI is InChI=1S/C22H20N2O3/c23-22(26)17-10-12-19(13-11-17)24-21(25)15-27-20-9-5-4-8-18(20)14-16-6-2-1-3-7-16/h1-13H,14-15H2,(H2,23,26)(H,24,25). The third-order valence-electron chi connectivity index (χ3n) is 4.02. The highest BCUT2D eigenvalue weighted by molar-refractivity contribution is 5.95. The molecule has 0 aliphatic rings. The number of para-hydroxylation sites is 1. The summed E-state index contributed by atoms with van der Waals surface area (Å²) < 4.78 is 5.72. The van der Waals surface area contributed by atoms with Crippen LogP contribution in [0.5, 0.6) is 5.75 Å². The zero-order valence-electron chi connectivity index (χ0n) is 14.7. The van der Waals surface area contributed by atoms with Gasteiger partial charge in [0, 0.05) is 17.7 Å². The predicted octanol–water partition coefficient (Wildman–Crippen LogP) is 3.39. The molecular weight excluding hydrogens is 340 g/mol. The molecule has 27 heavy (non-hydrogen) atoms. The molecular formula is C22H20N2O3. The number of hydrogen-bond acceptors (Lipinski definition) is 3. The number of benzene rings is 3. The Kier molecular flexibility index (Phi) is 5.84. The van der Waals surface area contributed by atoms with Crippen molar-refractivity contribution in [3.05, 3.63) is 95.6 Å². The van der Waals surface area contributed by atoms with E-state index in [9.17, 15) is 9.59 Å². The smallest absolute Gasteiger partial charge is 0.262 e. The SMILES string of the molecule is NC(=O)c1ccc(NC(=O)COc2ccccc2Cc2ccccc2)cc1. The molecule has 2 amide bonds. The number of nitrogens with one attached hydrogen (secondary N) is 1. The van der Waals surface area contributed by atoms with Gasteiger partial charge in [-0.05, 0) is 41.5 Å². The van der Waals surface area contributed by atoms with E-state index in [4.69, 9.17) is 10.5 Å². The molecule has 0 aliphatic heterocycles. The first-order chi connectivity index (χ1) is 13.1. The van der Waals surface area contributed by atoms with Crippen molar-refractivity contribution >= 4 is 17.5 Å². The Morgan fingerprint density at radius 2 is 1.52 bits per heavy atom. The first kappa shape index (κ1) is 18.2. The Morgan fingerprint density at radius 1 is 0.852 bits per heavy atom. The summed E-state index contributed by atoms with van der Waals surface area (Å²) in [5, 5.41) is 2.73. The number of rotatable bonds is 7. The molecule has 5 nitrogen and oxygen atoms in total. The minimum Gasteiger partial charge on any atom is -0.483 e. The van der Waals surface area contributed by atoms with Crippen molar-refractivity contribution in [2.75, 3.05) is 11.9 Å². The third kappa shape index (κ3) is 5.19. The third-order valence-corrected chi connectivity index (χ3v) is 4.02. The van der Waals surface area contributed by atoms with Crippen LogP contribution in [0.3, 0.4) is 0 Å². The molecule has 0 unspecified atom stereocenters. The zero-order chi connectivity index (χ0) is 19.1. The number of anilines is 1. The first-order valence-electron chi connectivity index (χ1n) is 8.56. The van der Waals surface area contributed by atoms with Crippen molar-refractivity contribution in [3.8, 4) is 5.75 Å². The summed E-state index contributed by atoms with van der Waals surface area (Å²) in [6.45, 7) is -0.108. The molecule has 0 bridgehead atoms. The minimum atomic E-state index is -0.508. The highest BCUT2D eigenvalue weighted by Crippen LogP contribution is 2.21. The molecule has 0 fully saturated rings. The van der Waals surface area contributed by atoms with Crippen LogP contribution in [0.25, 0.3) is 0 Å². The molecule has 0 spiro atoms. The monoisotopic (exact) mass is 360 g/mol. The topological polar surface area (TPSA) is 81.4 Å². The van der Waals surface area contributed by atoms with Gasteiger partial charge in [-0.1, -0.05) is 48.5 Å². The molecule has 3 aromatic rings. The van der Waals surface area contributed by atoms with Crippen LogP contribution in [0.1, 0.15) is 21.5 Å². The fourth-order valence-corrected chi connectivity index (χ4v) is 2.66. The maximum atomic E-state index is 12.1. The summed E-state index contributed by atoms with van der Waals surface area (Å²) in [6.07, 6.45) is 0.729. The lowest BCUT2D eigenvalue weighted by Gasteiger charge is -2.12. The number of nitrogens with two attached hydrogens (primary N) is 1. The van der Waals surface area contributed by atoms with E-state index in [0.717, 1.165) is 12.0 Å². The Hall–Kier alpha value is -3.60. The van der Waals surface area contributed by atoms with Crippen molar-refractivity contribution in [3.63, 3.8) is 0 Å². The fourth-order valence-electron chi connectivity index (χ4n) is 2.66. The Balaban J connectivity index is 1.59. The van der Waals surface area contributed by atoms with Crippen molar-refractivity contribution in [1.29, 1.82) is 0 Å². The van der Waals surface area contributed by atoms with Crippen molar-refractivity contribution in [2.45, 2.75) is 6.42 Å². The number of ether oxygens (including phenoxy) is 1. The van der Waals surface area contributed by atoms with Gasteiger partial charge in [-0.25, -0.2) is 0 Å². The summed E-state index contributed by atoms with van der Waals surface area (Å²) >= 11 is 0. The Labute approximate surface area is 157 Å². The van der Waals surface area contributed by atoms with Crippen molar-refractivity contribution < 1.29 is 14.3 Å². The second kappa shape index (κ2) is 8.67. The fraction of sp³-hybridized carbons (Fsp3) is 0.0909. The average Bonchev–Trinajstić information content (AvgIpc) is 2.68. The van der Waals surface area contributed by atoms with Gasteiger partial charge in [0.05, 0.1) is 0 Å². The van der Waals surface area contributed by atoms with Crippen LogP contribution < -0.4 is 15.8 Å². The summed E-state index contributed by atoms with van der Waals surface area (Å²) in [5.41, 5.74) is 8.35. The van der Waals surface area contributed by atoms with Crippen LogP contribution in [-0.2, 0) is 11.2 Å². The molecule has 0 aliphatic carbocycles. The summed E-state index contributed by atoms with van der Waals surface area (Å²) in [5.74, 6) is -0.108. The Bertz CT molecular complexity index is 922.